The molecule has 1 unspecified atom stereocenters. The molecule has 1 aliphatic heterocycles. The molecular formula is C23H24N6. The molecule has 0 bridgehead atoms. The summed E-state index contributed by atoms with van der Waals surface area (Å²) < 4.78 is 0. The maximum Gasteiger partial charge on any atom is 0.150 e. The smallest absolute Gasteiger partial charge is 0.150 e. The van der Waals surface area contributed by atoms with Crippen LogP contribution in [-0.4, -0.2) is 53.0 Å². The van der Waals surface area contributed by atoms with E-state index in [0.29, 0.717) is 5.92 Å². The third-order valence-corrected chi connectivity index (χ3v) is 5.72. The molecule has 0 saturated carbocycles. The number of rotatable bonds is 3. The minimum atomic E-state index is 0.347. The first-order chi connectivity index (χ1) is 14.1. The van der Waals surface area contributed by atoms with Crippen molar-refractivity contribution >= 4 is 16.7 Å². The van der Waals surface area contributed by atoms with Gasteiger partial charge in [-0.3, -0.25) is 5.10 Å². The number of H-pyrrole nitrogens is 1. The number of hydrogen-bond acceptors (Lipinski definition) is 5. The van der Waals surface area contributed by atoms with Crippen LogP contribution in [0.3, 0.4) is 0 Å². The van der Waals surface area contributed by atoms with E-state index in [4.69, 9.17) is 0 Å². The second kappa shape index (κ2) is 6.97. The largest absolute Gasteiger partial charge is 0.361 e. The van der Waals surface area contributed by atoms with Gasteiger partial charge in [-0.15, -0.1) is 10.2 Å². The third kappa shape index (κ3) is 3.25. The molecule has 0 amide bonds. The Morgan fingerprint density at radius 3 is 2.72 bits per heavy atom. The van der Waals surface area contributed by atoms with Gasteiger partial charge >= 0.3 is 0 Å². The molecule has 0 radical (unpaired) electrons. The molecule has 1 atom stereocenters. The van der Waals surface area contributed by atoms with Crippen LogP contribution < -0.4 is 4.90 Å². The van der Waals surface area contributed by atoms with E-state index in [1.807, 2.05) is 37.3 Å². The molecule has 6 nitrogen and oxygen atoms in total. The molecule has 2 aromatic carbocycles. The average Bonchev–Trinajstić information content (AvgIpc) is 3.20. The highest BCUT2D eigenvalue weighted by molar-refractivity contribution is 5.79. The van der Waals surface area contributed by atoms with Gasteiger partial charge in [-0.2, -0.15) is 5.10 Å². The molecular weight excluding hydrogens is 360 g/mol. The standard InChI is InChI=1S/C23H24N6/c1-28(2)23-9-8-21(26-27-23)16-4-6-19-18(11-16)13-29(3)14-20(19)15-5-7-22-17(10-15)12-24-25-22/h4-12,20H,13-14H2,1-3H3,(H,24,25). The fourth-order valence-electron chi connectivity index (χ4n) is 4.19. The van der Waals surface area contributed by atoms with Crippen molar-refractivity contribution in [1.82, 2.24) is 25.3 Å². The van der Waals surface area contributed by atoms with Crippen molar-refractivity contribution in [3.8, 4) is 11.3 Å². The van der Waals surface area contributed by atoms with Crippen LogP contribution in [0.25, 0.3) is 22.2 Å². The SMILES string of the molecule is CN1Cc2cc(-c3ccc(N(C)C)nn3)ccc2C(c2ccc3[nH]ncc3c2)C1. The predicted octanol–water partition coefficient (Wildman–Crippen LogP) is 3.66. The van der Waals surface area contributed by atoms with Crippen LogP contribution >= 0.6 is 0 Å². The molecule has 0 spiro atoms. The summed E-state index contributed by atoms with van der Waals surface area (Å²) in [5.74, 6) is 1.21. The van der Waals surface area contributed by atoms with Crippen molar-refractivity contribution < 1.29 is 0 Å². The van der Waals surface area contributed by atoms with Crippen molar-refractivity contribution in [3.05, 3.63) is 71.4 Å². The highest BCUT2D eigenvalue weighted by atomic mass is 15.2. The van der Waals surface area contributed by atoms with E-state index in [1.54, 1.807) is 0 Å². The molecule has 1 N–H and O–H groups in total. The van der Waals surface area contributed by atoms with Gasteiger partial charge in [0, 0.05) is 44.1 Å². The van der Waals surface area contributed by atoms with Crippen LogP contribution in [0, 0.1) is 0 Å². The lowest BCUT2D eigenvalue weighted by Crippen LogP contribution is -2.31. The zero-order valence-electron chi connectivity index (χ0n) is 16.9. The second-order valence-corrected chi connectivity index (χ2v) is 8.05. The maximum atomic E-state index is 4.43. The minimum Gasteiger partial charge on any atom is -0.361 e. The van der Waals surface area contributed by atoms with Gasteiger partial charge in [0.1, 0.15) is 0 Å². The number of aromatic nitrogens is 4. The number of likely N-dealkylation sites (N-methyl/N-ethyl adjacent to an activating group) is 1. The summed E-state index contributed by atoms with van der Waals surface area (Å²) in [5, 5.41) is 17.1. The van der Waals surface area contributed by atoms with Gasteiger partial charge in [-0.1, -0.05) is 18.2 Å². The molecule has 5 rings (SSSR count). The molecule has 1 aliphatic rings. The first-order valence-corrected chi connectivity index (χ1v) is 9.84. The van der Waals surface area contributed by atoms with E-state index >= 15 is 0 Å². The van der Waals surface area contributed by atoms with Gasteiger partial charge in [-0.25, -0.2) is 0 Å². The molecule has 0 saturated heterocycles. The van der Waals surface area contributed by atoms with Gasteiger partial charge in [0.15, 0.2) is 5.82 Å². The van der Waals surface area contributed by atoms with Crippen LogP contribution in [0.2, 0.25) is 0 Å². The number of nitrogens with zero attached hydrogens (tertiary/aromatic N) is 5. The first-order valence-electron chi connectivity index (χ1n) is 9.84. The van der Waals surface area contributed by atoms with Crippen LogP contribution in [0.4, 0.5) is 5.82 Å². The summed E-state index contributed by atoms with van der Waals surface area (Å²) in [7, 11) is 6.13. The zero-order valence-corrected chi connectivity index (χ0v) is 16.9. The highest BCUT2D eigenvalue weighted by Gasteiger charge is 2.25. The Morgan fingerprint density at radius 1 is 1.03 bits per heavy atom. The van der Waals surface area contributed by atoms with Crippen molar-refractivity contribution in [2.75, 3.05) is 32.6 Å². The Kier molecular flexibility index (Phi) is 4.28. The van der Waals surface area contributed by atoms with E-state index in [0.717, 1.165) is 41.1 Å². The lowest BCUT2D eigenvalue weighted by molar-refractivity contribution is 0.295. The molecule has 146 valence electrons. The van der Waals surface area contributed by atoms with Gasteiger partial charge in [0.25, 0.3) is 0 Å². The Balaban J connectivity index is 1.53. The monoisotopic (exact) mass is 384 g/mol. The van der Waals surface area contributed by atoms with Crippen LogP contribution in [-0.2, 0) is 6.54 Å². The van der Waals surface area contributed by atoms with Crippen molar-refractivity contribution in [2.45, 2.75) is 12.5 Å². The Hall–Kier alpha value is -3.25. The van der Waals surface area contributed by atoms with Gasteiger partial charge in [0.05, 0.1) is 17.4 Å². The van der Waals surface area contributed by atoms with E-state index < -0.39 is 0 Å². The number of aromatic amines is 1. The molecule has 2 aromatic heterocycles. The molecule has 0 aliphatic carbocycles. The molecule has 6 heteroatoms. The second-order valence-electron chi connectivity index (χ2n) is 8.05. The van der Waals surface area contributed by atoms with Crippen LogP contribution in [0.1, 0.15) is 22.6 Å². The van der Waals surface area contributed by atoms with E-state index in [1.165, 1.54) is 16.7 Å². The lowest BCUT2D eigenvalue weighted by Gasteiger charge is -2.33. The number of anilines is 1. The van der Waals surface area contributed by atoms with E-state index in [9.17, 15) is 0 Å². The van der Waals surface area contributed by atoms with Crippen LogP contribution in [0.15, 0.2) is 54.7 Å². The summed E-state index contributed by atoms with van der Waals surface area (Å²) in [6, 6.07) is 17.4. The number of benzene rings is 2. The Morgan fingerprint density at radius 2 is 1.93 bits per heavy atom. The van der Waals surface area contributed by atoms with Crippen molar-refractivity contribution in [2.24, 2.45) is 0 Å². The van der Waals surface area contributed by atoms with Gasteiger partial charge < -0.3 is 9.80 Å². The third-order valence-electron chi connectivity index (χ3n) is 5.72. The predicted molar refractivity (Wildman–Crippen MR) is 116 cm³/mol. The summed E-state index contributed by atoms with van der Waals surface area (Å²) in [5.41, 5.74) is 7.17. The van der Waals surface area contributed by atoms with Crippen LogP contribution in [0.5, 0.6) is 0 Å². The normalized spacial score (nSPS) is 16.7. The molecule has 3 heterocycles. The van der Waals surface area contributed by atoms with Crippen molar-refractivity contribution in [3.63, 3.8) is 0 Å². The van der Waals surface area contributed by atoms with E-state index in [-0.39, 0.29) is 0 Å². The number of fused-ring (bicyclic) bond motifs is 2. The minimum absolute atomic E-state index is 0.347. The van der Waals surface area contributed by atoms with Gasteiger partial charge in [0.2, 0.25) is 0 Å². The number of nitrogens with one attached hydrogen (secondary N) is 1. The fourth-order valence-corrected chi connectivity index (χ4v) is 4.19. The summed E-state index contributed by atoms with van der Waals surface area (Å²) in [6.45, 7) is 1.95. The summed E-state index contributed by atoms with van der Waals surface area (Å²) in [6.07, 6.45) is 1.89. The zero-order chi connectivity index (χ0) is 20.0. The van der Waals surface area contributed by atoms with Crippen molar-refractivity contribution in [1.29, 1.82) is 0 Å². The number of hydrogen-bond donors (Lipinski definition) is 1. The molecule has 29 heavy (non-hydrogen) atoms. The fraction of sp³-hybridized carbons (Fsp3) is 0.261. The first kappa shape index (κ1) is 17.8. The molecule has 0 fully saturated rings. The maximum absolute atomic E-state index is 4.43. The van der Waals surface area contributed by atoms with E-state index in [2.05, 4.69) is 68.7 Å². The lowest BCUT2D eigenvalue weighted by atomic mass is 9.83. The van der Waals surface area contributed by atoms with Gasteiger partial charge in [-0.05, 0) is 54.1 Å². The summed E-state index contributed by atoms with van der Waals surface area (Å²) in [4.78, 5) is 4.34. The average molecular weight is 384 g/mol. The molecule has 4 aromatic rings. The highest BCUT2D eigenvalue weighted by Crippen LogP contribution is 2.36. The Bertz CT molecular complexity index is 1160. The Labute approximate surface area is 170 Å². The quantitative estimate of drug-likeness (QED) is 0.584. The summed E-state index contributed by atoms with van der Waals surface area (Å²) >= 11 is 0. The topological polar surface area (TPSA) is 60.9 Å².